The Kier molecular flexibility index (Phi) is 7.88. The molecule has 0 radical (unpaired) electrons. The van der Waals surface area contributed by atoms with Gasteiger partial charge in [-0.3, -0.25) is 9.59 Å². The van der Waals surface area contributed by atoms with Crippen LogP contribution in [0.25, 0.3) is 0 Å². The summed E-state index contributed by atoms with van der Waals surface area (Å²) in [6.07, 6.45) is -3.84. The van der Waals surface area contributed by atoms with Gasteiger partial charge in [0.1, 0.15) is 12.2 Å². The molecule has 0 aromatic rings. The van der Waals surface area contributed by atoms with Gasteiger partial charge in [0.25, 0.3) is 11.8 Å². The zero-order valence-electron chi connectivity index (χ0n) is 27.0. The maximum absolute atomic E-state index is 14.0. The third-order valence-electron chi connectivity index (χ3n) is 9.49. The molecule has 0 saturated carbocycles. The molecule has 12 heteroatoms. The molecular formula is C28H52N2O8Si2. The fraction of sp³-hybridized carbons (Fsp3) is 0.929. The third-order valence-corrected chi connectivity index (χ3v) is 18.5. The molecule has 40 heavy (non-hydrogen) atoms. The summed E-state index contributed by atoms with van der Waals surface area (Å²) in [6, 6.07) is 0. The van der Waals surface area contributed by atoms with Crippen molar-refractivity contribution < 1.29 is 37.4 Å². The minimum atomic E-state index is -2.26. The van der Waals surface area contributed by atoms with Crippen molar-refractivity contribution in [2.24, 2.45) is 0 Å². The summed E-state index contributed by atoms with van der Waals surface area (Å²) in [5.41, 5.74) is 0. The number of nitrogens with zero attached hydrogens (tertiary/aromatic N) is 2. The van der Waals surface area contributed by atoms with Gasteiger partial charge >= 0.3 is 0 Å². The monoisotopic (exact) mass is 600 g/mol. The number of carbonyl (C=O) groups is 2. The third kappa shape index (κ3) is 5.84. The first-order chi connectivity index (χ1) is 17.9. The molecule has 10 nitrogen and oxygen atoms in total. The SMILES string of the molecule is CC1(C)O[C@@H]2[C@H](O[Si](C)(C)C(C)(C)C)CN(N3C[C@@H](O[Si](C)(C)C(C)(C)C)[C@H]4OC(C)(C)O[C@H]4C3=O)C(=O)[C@@H]2O1. The van der Waals surface area contributed by atoms with E-state index in [0.29, 0.717) is 0 Å². The summed E-state index contributed by atoms with van der Waals surface area (Å²) in [6.45, 7) is 29.3. The van der Waals surface area contributed by atoms with E-state index in [1.54, 1.807) is 27.7 Å². The lowest BCUT2D eigenvalue weighted by atomic mass is 10.00. The maximum atomic E-state index is 14.0. The molecule has 0 aromatic heterocycles. The highest BCUT2D eigenvalue weighted by molar-refractivity contribution is 6.74. The van der Waals surface area contributed by atoms with E-state index in [-0.39, 0.29) is 35.0 Å². The second kappa shape index (κ2) is 9.83. The number of piperidine rings is 2. The van der Waals surface area contributed by atoms with E-state index in [4.69, 9.17) is 27.8 Å². The summed E-state index contributed by atoms with van der Waals surface area (Å²) in [7, 11) is -4.53. The van der Waals surface area contributed by atoms with E-state index in [1.165, 1.54) is 10.0 Å². The summed E-state index contributed by atoms with van der Waals surface area (Å²) < 4.78 is 38.4. The number of hydrogen-bond donors (Lipinski definition) is 0. The summed E-state index contributed by atoms with van der Waals surface area (Å²) >= 11 is 0. The Balaban J connectivity index is 1.69. The van der Waals surface area contributed by atoms with Crippen LogP contribution in [-0.2, 0) is 37.4 Å². The lowest BCUT2D eigenvalue weighted by Gasteiger charge is -2.50. The fourth-order valence-corrected chi connectivity index (χ4v) is 7.92. The lowest BCUT2D eigenvalue weighted by Crippen LogP contribution is -2.71. The average Bonchev–Trinajstić information content (AvgIpc) is 3.26. The van der Waals surface area contributed by atoms with Gasteiger partial charge in [-0.1, -0.05) is 41.5 Å². The number of ether oxygens (including phenoxy) is 4. The molecule has 0 spiro atoms. The molecule has 0 bridgehead atoms. The Labute approximate surface area is 242 Å². The van der Waals surface area contributed by atoms with E-state index in [0.717, 1.165) is 0 Å². The van der Waals surface area contributed by atoms with Gasteiger partial charge in [-0.15, -0.1) is 0 Å². The molecule has 0 unspecified atom stereocenters. The van der Waals surface area contributed by atoms with Crippen LogP contribution >= 0.6 is 0 Å². The summed E-state index contributed by atoms with van der Waals surface area (Å²) in [4.78, 5) is 28.0. The van der Waals surface area contributed by atoms with Crippen molar-refractivity contribution in [2.75, 3.05) is 13.1 Å². The number of fused-ring (bicyclic) bond motifs is 2. The van der Waals surface area contributed by atoms with Crippen molar-refractivity contribution in [1.82, 2.24) is 10.0 Å². The standard InChI is InChI=1S/C28H52N2O8Si2/c1-25(2,3)39(11,12)37-17-15-29(23(31)21-19(17)33-27(7,8)35-21)30-16-18(38-40(13,14)26(4,5)6)20-22(24(30)32)36-28(9,10)34-20/h17-22H,15-16H2,1-14H3/t17-,18-,19-,20-,21-,22-/m1/s1. The first kappa shape index (κ1) is 32.1. The van der Waals surface area contributed by atoms with Gasteiger partial charge < -0.3 is 27.8 Å². The van der Waals surface area contributed by atoms with Crippen LogP contribution in [-0.4, -0.2) is 99.8 Å². The number of amides is 2. The normalized spacial score (nSPS) is 34.8. The quantitative estimate of drug-likeness (QED) is 0.429. The van der Waals surface area contributed by atoms with Gasteiger partial charge in [-0.25, -0.2) is 10.0 Å². The molecular weight excluding hydrogens is 548 g/mol. The summed E-state index contributed by atoms with van der Waals surface area (Å²) in [5.74, 6) is -2.54. The van der Waals surface area contributed by atoms with Crippen LogP contribution in [0.2, 0.25) is 36.3 Å². The van der Waals surface area contributed by atoms with Crippen molar-refractivity contribution in [3.63, 3.8) is 0 Å². The summed E-state index contributed by atoms with van der Waals surface area (Å²) in [5, 5.41) is 2.89. The van der Waals surface area contributed by atoms with Crippen LogP contribution in [0.1, 0.15) is 69.2 Å². The van der Waals surface area contributed by atoms with E-state index in [1.807, 2.05) is 0 Å². The van der Waals surface area contributed by atoms with Crippen LogP contribution in [0.5, 0.6) is 0 Å². The zero-order valence-corrected chi connectivity index (χ0v) is 29.0. The predicted molar refractivity (Wildman–Crippen MR) is 155 cm³/mol. The Morgan fingerprint density at radius 2 is 0.950 bits per heavy atom. The molecule has 4 aliphatic rings. The van der Waals surface area contributed by atoms with Crippen molar-refractivity contribution in [3.8, 4) is 0 Å². The van der Waals surface area contributed by atoms with Crippen molar-refractivity contribution in [1.29, 1.82) is 0 Å². The molecule has 0 N–H and O–H groups in total. The largest absolute Gasteiger partial charge is 0.409 e. The van der Waals surface area contributed by atoms with Crippen LogP contribution < -0.4 is 0 Å². The highest BCUT2D eigenvalue weighted by Gasteiger charge is 2.61. The van der Waals surface area contributed by atoms with Crippen molar-refractivity contribution >= 4 is 28.4 Å². The van der Waals surface area contributed by atoms with Gasteiger partial charge in [-0.05, 0) is 64.0 Å². The second-order valence-corrected chi connectivity index (χ2v) is 25.2. The molecule has 0 aromatic carbocycles. The van der Waals surface area contributed by atoms with E-state index in [2.05, 4.69) is 67.7 Å². The predicted octanol–water partition coefficient (Wildman–Crippen LogP) is 4.41. The van der Waals surface area contributed by atoms with Gasteiger partial charge in [0, 0.05) is 0 Å². The van der Waals surface area contributed by atoms with E-state index < -0.39 is 64.8 Å². The Bertz CT molecular complexity index is 939. The van der Waals surface area contributed by atoms with Crippen molar-refractivity contribution in [2.45, 2.75) is 154 Å². The number of hydrazine groups is 1. The van der Waals surface area contributed by atoms with Crippen LogP contribution in [0.4, 0.5) is 0 Å². The molecule has 6 atom stereocenters. The average molecular weight is 601 g/mol. The number of hydrogen-bond acceptors (Lipinski definition) is 8. The lowest BCUT2D eigenvalue weighted by molar-refractivity contribution is -0.198. The Hall–Kier alpha value is -0.866. The first-order valence-corrected chi connectivity index (χ1v) is 20.4. The molecule has 4 aliphatic heterocycles. The molecule has 4 heterocycles. The van der Waals surface area contributed by atoms with Crippen LogP contribution in [0.3, 0.4) is 0 Å². The van der Waals surface area contributed by atoms with E-state index in [9.17, 15) is 9.59 Å². The number of rotatable bonds is 5. The van der Waals surface area contributed by atoms with Crippen LogP contribution in [0, 0.1) is 0 Å². The molecule has 4 saturated heterocycles. The molecule has 2 amide bonds. The van der Waals surface area contributed by atoms with Gasteiger partial charge in [0.15, 0.2) is 40.4 Å². The van der Waals surface area contributed by atoms with Crippen molar-refractivity contribution in [3.05, 3.63) is 0 Å². The van der Waals surface area contributed by atoms with Crippen LogP contribution in [0.15, 0.2) is 0 Å². The minimum absolute atomic E-state index is 0.0549. The number of carbonyl (C=O) groups excluding carboxylic acids is 2. The maximum Gasteiger partial charge on any atom is 0.273 e. The minimum Gasteiger partial charge on any atom is -0.409 e. The molecule has 230 valence electrons. The van der Waals surface area contributed by atoms with Gasteiger partial charge in [0.05, 0.1) is 25.3 Å². The topological polar surface area (TPSA) is 96.0 Å². The zero-order chi connectivity index (χ0) is 30.4. The smallest absolute Gasteiger partial charge is 0.273 e. The molecule has 4 rings (SSSR count). The van der Waals surface area contributed by atoms with Gasteiger partial charge in [-0.2, -0.15) is 0 Å². The first-order valence-electron chi connectivity index (χ1n) is 14.6. The highest BCUT2D eigenvalue weighted by atomic mass is 28.4. The van der Waals surface area contributed by atoms with Gasteiger partial charge in [0.2, 0.25) is 0 Å². The highest BCUT2D eigenvalue weighted by Crippen LogP contribution is 2.44. The Morgan fingerprint density at radius 3 is 1.23 bits per heavy atom. The molecule has 4 fully saturated rings. The molecule has 0 aliphatic carbocycles. The Morgan fingerprint density at radius 1 is 0.650 bits per heavy atom. The second-order valence-electron chi connectivity index (χ2n) is 15.7. The fourth-order valence-electron chi connectivity index (χ4n) is 5.28. The van der Waals surface area contributed by atoms with E-state index >= 15 is 0 Å².